The lowest BCUT2D eigenvalue weighted by atomic mass is 10.1. The molecule has 0 aliphatic carbocycles. The summed E-state index contributed by atoms with van der Waals surface area (Å²) in [6.45, 7) is 0. The Morgan fingerprint density at radius 3 is 2.14 bits per heavy atom. The van der Waals surface area contributed by atoms with Crippen LogP contribution in [-0.2, 0) is 0 Å². The van der Waals surface area contributed by atoms with Gasteiger partial charge in [-0.2, -0.15) is 0 Å². The first-order valence-corrected chi connectivity index (χ1v) is 7.71. The van der Waals surface area contributed by atoms with Crippen molar-refractivity contribution >= 4 is 52.3 Å². The molecule has 2 nitrogen and oxygen atoms in total. The molecule has 0 unspecified atom stereocenters. The molecule has 1 N–H and O–H groups in total. The van der Waals surface area contributed by atoms with Crippen LogP contribution in [-0.4, -0.2) is 10.7 Å². The number of hydrogen-bond acceptors (Lipinski definition) is 1. The zero-order chi connectivity index (χ0) is 15.4. The van der Waals surface area contributed by atoms with E-state index in [0.717, 1.165) is 5.56 Å². The Kier molecular flexibility index (Phi) is 5.77. The molecule has 0 spiro atoms. The van der Waals surface area contributed by atoms with E-state index in [0.29, 0.717) is 15.6 Å². The van der Waals surface area contributed by atoms with Gasteiger partial charge in [-0.25, -0.2) is 0 Å². The molecule has 0 saturated heterocycles. The molecule has 0 aliphatic heterocycles. The third-order valence-corrected chi connectivity index (χ3v) is 3.97. The van der Waals surface area contributed by atoms with Gasteiger partial charge in [0.15, 0.2) is 0 Å². The van der Waals surface area contributed by atoms with Crippen LogP contribution in [0.5, 0.6) is 0 Å². The normalized spacial score (nSPS) is 12.2. The molecule has 2 aromatic carbocycles. The first-order chi connectivity index (χ1) is 9.99. The molecule has 0 aromatic heterocycles. The SMILES string of the molecule is O=C(N[C@H](c1ccc(Cl)cc1)C(Cl)Cl)c1ccccc1Cl. The van der Waals surface area contributed by atoms with Gasteiger partial charge in [-0.1, -0.05) is 47.5 Å². The van der Waals surface area contributed by atoms with Gasteiger partial charge in [-0.3, -0.25) is 4.79 Å². The van der Waals surface area contributed by atoms with Crippen LogP contribution >= 0.6 is 46.4 Å². The number of rotatable bonds is 4. The Morgan fingerprint density at radius 1 is 0.952 bits per heavy atom. The summed E-state index contributed by atoms with van der Waals surface area (Å²) in [4.78, 5) is 11.5. The van der Waals surface area contributed by atoms with E-state index < -0.39 is 10.9 Å². The average molecular weight is 363 g/mol. The van der Waals surface area contributed by atoms with Gasteiger partial charge in [0.1, 0.15) is 4.84 Å². The summed E-state index contributed by atoms with van der Waals surface area (Å²) in [6, 6.07) is 13.1. The maximum absolute atomic E-state index is 12.3. The molecule has 21 heavy (non-hydrogen) atoms. The van der Waals surface area contributed by atoms with E-state index in [9.17, 15) is 4.79 Å². The number of nitrogens with one attached hydrogen (secondary N) is 1. The molecule has 1 amide bonds. The summed E-state index contributed by atoms with van der Waals surface area (Å²) < 4.78 is 0. The van der Waals surface area contributed by atoms with Gasteiger partial charge in [0, 0.05) is 5.02 Å². The summed E-state index contributed by atoms with van der Waals surface area (Å²) in [5.74, 6) is -0.341. The lowest BCUT2D eigenvalue weighted by Crippen LogP contribution is -2.32. The van der Waals surface area contributed by atoms with Gasteiger partial charge in [0.05, 0.1) is 16.6 Å². The summed E-state index contributed by atoms with van der Waals surface area (Å²) in [6.07, 6.45) is 0. The fourth-order valence-electron chi connectivity index (χ4n) is 1.83. The Balaban J connectivity index is 2.23. The predicted molar refractivity (Wildman–Crippen MR) is 88.6 cm³/mol. The molecule has 6 heteroatoms. The quantitative estimate of drug-likeness (QED) is 0.737. The number of carbonyl (C=O) groups excluding carboxylic acids is 1. The minimum absolute atomic E-state index is 0.341. The molecule has 110 valence electrons. The Bertz CT molecular complexity index is 628. The highest BCUT2D eigenvalue weighted by atomic mass is 35.5. The molecule has 0 bridgehead atoms. The monoisotopic (exact) mass is 361 g/mol. The van der Waals surface area contributed by atoms with E-state index in [2.05, 4.69) is 5.32 Å². The van der Waals surface area contributed by atoms with Crippen LogP contribution in [0.25, 0.3) is 0 Å². The van der Waals surface area contributed by atoms with Crippen molar-refractivity contribution in [1.82, 2.24) is 5.32 Å². The topological polar surface area (TPSA) is 29.1 Å². The first kappa shape index (κ1) is 16.4. The van der Waals surface area contributed by atoms with Crippen molar-refractivity contribution in [1.29, 1.82) is 0 Å². The van der Waals surface area contributed by atoms with Crippen molar-refractivity contribution in [3.8, 4) is 0 Å². The van der Waals surface area contributed by atoms with Gasteiger partial charge < -0.3 is 5.32 Å². The van der Waals surface area contributed by atoms with Crippen molar-refractivity contribution in [3.63, 3.8) is 0 Å². The first-order valence-electron chi connectivity index (χ1n) is 6.08. The molecule has 1 atom stereocenters. The van der Waals surface area contributed by atoms with Crippen molar-refractivity contribution in [2.75, 3.05) is 0 Å². The van der Waals surface area contributed by atoms with Crippen LogP contribution in [0.15, 0.2) is 48.5 Å². The van der Waals surface area contributed by atoms with E-state index in [-0.39, 0.29) is 5.91 Å². The van der Waals surface area contributed by atoms with Crippen LogP contribution in [0.2, 0.25) is 10.0 Å². The van der Waals surface area contributed by atoms with Crippen LogP contribution in [0.3, 0.4) is 0 Å². The van der Waals surface area contributed by atoms with Crippen LogP contribution in [0.4, 0.5) is 0 Å². The zero-order valence-electron chi connectivity index (χ0n) is 10.7. The minimum atomic E-state index is -0.808. The van der Waals surface area contributed by atoms with Gasteiger partial charge in [-0.15, -0.1) is 23.2 Å². The van der Waals surface area contributed by atoms with Gasteiger partial charge in [0.25, 0.3) is 5.91 Å². The highest BCUT2D eigenvalue weighted by Gasteiger charge is 2.23. The second kappa shape index (κ2) is 7.37. The van der Waals surface area contributed by atoms with E-state index >= 15 is 0 Å². The maximum atomic E-state index is 12.3. The summed E-state index contributed by atoms with van der Waals surface area (Å²) in [5, 5.41) is 3.74. The van der Waals surface area contributed by atoms with E-state index in [1.807, 2.05) is 0 Å². The zero-order valence-corrected chi connectivity index (χ0v) is 13.7. The summed E-state index contributed by atoms with van der Waals surface area (Å²) in [7, 11) is 0. The second-order valence-electron chi connectivity index (χ2n) is 4.32. The van der Waals surface area contributed by atoms with E-state index in [4.69, 9.17) is 46.4 Å². The average Bonchev–Trinajstić information content (AvgIpc) is 2.46. The number of hydrogen-bond donors (Lipinski definition) is 1. The summed E-state index contributed by atoms with van der Waals surface area (Å²) in [5.41, 5.74) is 1.13. The van der Waals surface area contributed by atoms with Crippen molar-refractivity contribution in [2.45, 2.75) is 10.9 Å². The lowest BCUT2D eigenvalue weighted by molar-refractivity contribution is 0.0939. The molecule has 0 fully saturated rings. The van der Waals surface area contributed by atoms with E-state index in [1.165, 1.54) is 0 Å². The molecule has 0 radical (unpaired) electrons. The van der Waals surface area contributed by atoms with Crippen LogP contribution in [0, 0.1) is 0 Å². The molecule has 0 saturated carbocycles. The Labute approximate surface area is 143 Å². The largest absolute Gasteiger partial charge is 0.342 e. The van der Waals surface area contributed by atoms with Crippen molar-refractivity contribution < 1.29 is 4.79 Å². The number of amides is 1. The predicted octanol–water partition coefficient (Wildman–Crippen LogP) is 5.27. The highest BCUT2D eigenvalue weighted by Crippen LogP contribution is 2.26. The van der Waals surface area contributed by atoms with Gasteiger partial charge in [0.2, 0.25) is 0 Å². The van der Waals surface area contributed by atoms with Crippen LogP contribution < -0.4 is 5.32 Å². The molecular formula is C15H11Cl4NO. The minimum Gasteiger partial charge on any atom is -0.342 e. The number of carbonyl (C=O) groups is 1. The van der Waals surface area contributed by atoms with Crippen molar-refractivity contribution in [3.05, 3.63) is 69.7 Å². The lowest BCUT2D eigenvalue weighted by Gasteiger charge is -2.20. The third-order valence-electron chi connectivity index (χ3n) is 2.89. The molecule has 2 rings (SSSR count). The fourth-order valence-corrected chi connectivity index (χ4v) is 2.59. The molecule has 0 heterocycles. The number of benzene rings is 2. The smallest absolute Gasteiger partial charge is 0.253 e. The molecule has 0 aliphatic rings. The molecule has 2 aromatic rings. The summed E-state index contributed by atoms with van der Waals surface area (Å²) >= 11 is 23.8. The number of alkyl halides is 2. The standard InChI is InChI=1S/C15H11Cl4NO/c16-10-7-5-9(6-8-10)13(14(18)19)20-15(21)11-3-1-2-4-12(11)17/h1-8,13-14H,(H,20,21)/t13-/m1/s1. The fraction of sp³-hybridized carbons (Fsp3) is 0.133. The van der Waals surface area contributed by atoms with Crippen LogP contribution in [0.1, 0.15) is 22.0 Å². The van der Waals surface area contributed by atoms with Gasteiger partial charge in [-0.05, 0) is 29.8 Å². The Morgan fingerprint density at radius 2 is 1.57 bits per heavy atom. The van der Waals surface area contributed by atoms with E-state index in [1.54, 1.807) is 48.5 Å². The van der Waals surface area contributed by atoms with Crippen molar-refractivity contribution in [2.24, 2.45) is 0 Å². The highest BCUT2D eigenvalue weighted by molar-refractivity contribution is 6.45. The molecular weight excluding hydrogens is 352 g/mol. The van der Waals surface area contributed by atoms with Gasteiger partial charge >= 0.3 is 0 Å². The number of halogens is 4. The second-order valence-corrected chi connectivity index (χ2v) is 6.32. The third kappa shape index (κ3) is 4.27. The maximum Gasteiger partial charge on any atom is 0.253 e. The Hall–Kier alpha value is -0.930.